The van der Waals surface area contributed by atoms with E-state index in [1.165, 1.54) is 14.2 Å². The molecule has 2 aromatic heterocycles. The van der Waals surface area contributed by atoms with E-state index in [1.54, 1.807) is 6.92 Å². The molecule has 1 atom stereocenters. The normalized spacial score (nSPS) is 13.2. The lowest BCUT2D eigenvalue weighted by Gasteiger charge is -2.26. The van der Waals surface area contributed by atoms with Gasteiger partial charge >= 0.3 is 12.0 Å². The molecule has 166 valence electrons. The van der Waals surface area contributed by atoms with Crippen molar-refractivity contribution in [3.8, 4) is 6.01 Å². The zero-order valence-electron chi connectivity index (χ0n) is 18.0. The topological polar surface area (TPSA) is 114 Å². The highest BCUT2D eigenvalue weighted by molar-refractivity contribution is 9.10. The fourth-order valence-corrected chi connectivity index (χ4v) is 3.62. The first-order valence-electron chi connectivity index (χ1n) is 9.89. The molecule has 0 bridgehead atoms. The van der Waals surface area contributed by atoms with E-state index in [4.69, 9.17) is 19.9 Å². The van der Waals surface area contributed by atoms with Crippen LogP contribution in [0, 0.1) is 0 Å². The molecule has 0 fully saturated rings. The Morgan fingerprint density at radius 2 is 2.03 bits per heavy atom. The van der Waals surface area contributed by atoms with Crippen molar-refractivity contribution in [2.45, 2.75) is 38.8 Å². The summed E-state index contributed by atoms with van der Waals surface area (Å²) < 4.78 is 18.5. The molecule has 0 spiro atoms. The van der Waals surface area contributed by atoms with Crippen LogP contribution in [0.15, 0.2) is 29.0 Å². The van der Waals surface area contributed by atoms with E-state index in [9.17, 15) is 4.79 Å². The summed E-state index contributed by atoms with van der Waals surface area (Å²) in [5.41, 5.74) is 7.51. The van der Waals surface area contributed by atoms with Gasteiger partial charge in [-0.1, -0.05) is 37.6 Å². The summed E-state index contributed by atoms with van der Waals surface area (Å²) in [7, 11) is 2.81. The fraction of sp³-hybridized carbons (Fsp3) is 0.429. The summed E-state index contributed by atoms with van der Waals surface area (Å²) in [6.45, 7) is 4.70. The molecule has 0 aliphatic rings. The largest absolute Gasteiger partial charge is 0.467 e. The van der Waals surface area contributed by atoms with Crippen molar-refractivity contribution >= 4 is 38.9 Å². The Morgan fingerprint density at radius 3 is 2.71 bits per heavy atom. The third-order valence-electron chi connectivity index (χ3n) is 5.09. The van der Waals surface area contributed by atoms with Gasteiger partial charge in [-0.25, -0.2) is 9.78 Å². The second kappa shape index (κ2) is 9.61. The molecule has 1 aromatic carbocycles. The molecule has 9 nitrogen and oxygen atoms in total. The van der Waals surface area contributed by atoms with Gasteiger partial charge in [-0.2, -0.15) is 9.97 Å². The van der Waals surface area contributed by atoms with E-state index in [0.717, 1.165) is 18.4 Å². The van der Waals surface area contributed by atoms with Gasteiger partial charge in [-0.05, 0) is 40.4 Å². The van der Waals surface area contributed by atoms with Crippen LogP contribution in [-0.2, 0) is 26.4 Å². The highest BCUT2D eigenvalue weighted by Gasteiger charge is 2.36. The molecule has 3 aromatic rings. The lowest BCUT2D eigenvalue weighted by atomic mass is 9.94. The molecular formula is C21H26BrN5O4. The Balaban J connectivity index is 1.98. The number of methoxy groups -OCH3 is 2. The van der Waals surface area contributed by atoms with Gasteiger partial charge in [0.1, 0.15) is 0 Å². The minimum atomic E-state index is -1.22. The molecule has 0 aliphatic heterocycles. The molecule has 31 heavy (non-hydrogen) atoms. The van der Waals surface area contributed by atoms with E-state index in [1.807, 2.05) is 28.8 Å². The van der Waals surface area contributed by atoms with Crippen LogP contribution in [0.2, 0.25) is 0 Å². The van der Waals surface area contributed by atoms with E-state index in [2.05, 4.69) is 37.8 Å². The maximum atomic E-state index is 12.3. The summed E-state index contributed by atoms with van der Waals surface area (Å²) >= 11 is 3.48. The molecular weight excluding hydrogens is 466 g/mol. The van der Waals surface area contributed by atoms with Gasteiger partial charge in [0, 0.05) is 7.11 Å². The van der Waals surface area contributed by atoms with Crippen molar-refractivity contribution < 1.29 is 19.0 Å². The van der Waals surface area contributed by atoms with E-state index in [-0.39, 0.29) is 11.8 Å². The van der Waals surface area contributed by atoms with Crippen molar-refractivity contribution in [3.05, 3.63) is 40.1 Å². The zero-order valence-corrected chi connectivity index (χ0v) is 19.6. The van der Waals surface area contributed by atoms with E-state index >= 15 is 0 Å². The van der Waals surface area contributed by atoms with Crippen LogP contribution >= 0.6 is 15.9 Å². The Hall–Kier alpha value is -2.72. The number of fused-ring (bicyclic) bond motifs is 1. The predicted molar refractivity (Wildman–Crippen MR) is 120 cm³/mol. The molecule has 1 unspecified atom stereocenters. The van der Waals surface area contributed by atoms with Gasteiger partial charge in [-0.3, -0.25) is 4.57 Å². The van der Waals surface area contributed by atoms with Crippen molar-refractivity contribution in [1.29, 1.82) is 0 Å². The molecule has 0 amide bonds. The molecule has 0 radical (unpaired) electrons. The number of carbonyl (C=O) groups is 1. The zero-order chi connectivity index (χ0) is 22.6. The van der Waals surface area contributed by atoms with E-state index < -0.39 is 11.6 Å². The highest BCUT2D eigenvalue weighted by atomic mass is 79.9. The van der Waals surface area contributed by atoms with Crippen LogP contribution in [0.5, 0.6) is 6.01 Å². The lowest BCUT2D eigenvalue weighted by molar-refractivity contribution is -0.165. The molecule has 0 saturated carbocycles. The summed E-state index contributed by atoms with van der Waals surface area (Å²) in [4.78, 5) is 25.5. The summed E-state index contributed by atoms with van der Waals surface area (Å²) in [6, 6.07) is 7.74. The maximum absolute atomic E-state index is 12.3. The number of carbonyl (C=O) groups excluding carboxylic acids is 1. The Kier molecular flexibility index (Phi) is 7.11. The number of nitrogens with zero attached hydrogens (tertiary/aromatic N) is 4. The molecule has 0 aliphatic carbocycles. The molecule has 3 rings (SSSR count). The van der Waals surface area contributed by atoms with Crippen molar-refractivity contribution in [2.24, 2.45) is 0 Å². The first-order valence-corrected chi connectivity index (χ1v) is 10.7. The van der Waals surface area contributed by atoms with Crippen molar-refractivity contribution in [3.63, 3.8) is 0 Å². The van der Waals surface area contributed by atoms with Crippen molar-refractivity contribution in [1.82, 2.24) is 19.5 Å². The number of benzene rings is 1. The van der Waals surface area contributed by atoms with Crippen molar-refractivity contribution in [2.75, 3.05) is 26.6 Å². The van der Waals surface area contributed by atoms with Crippen LogP contribution in [0.4, 0.5) is 5.82 Å². The molecule has 0 saturated heterocycles. The standard InChI is InChI=1S/C21H26BrN5O4/c1-5-6-10-31-20-25-16(23)15-17(26-20)27(19(22)24-15)12-13-8-7-9-14(11-13)21(2,30-4)18(28)29-3/h7-9,11H,5-6,10,12H2,1-4H3,(H2,23,25,26). The van der Waals surface area contributed by atoms with E-state index in [0.29, 0.717) is 34.6 Å². The lowest BCUT2D eigenvalue weighted by Crippen LogP contribution is -2.35. The Bertz CT molecular complexity index is 1090. The smallest absolute Gasteiger partial charge is 0.342 e. The number of rotatable bonds is 9. The van der Waals surface area contributed by atoms with Gasteiger partial charge in [0.05, 0.1) is 20.3 Å². The third-order valence-corrected chi connectivity index (χ3v) is 5.69. The van der Waals surface area contributed by atoms with Gasteiger partial charge < -0.3 is 19.9 Å². The Morgan fingerprint density at radius 1 is 1.26 bits per heavy atom. The number of ether oxygens (including phenoxy) is 3. The molecule has 2 N–H and O–H groups in total. The number of hydrogen-bond donors (Lipinski definition) is 1. The number of hydrogen-bond acceptors (Lipinski definition) is 8. The van der Waals surface area contributed by atoms with Crippen LogP contribution in [0.3, 0.4) is 0 Å². The molecule has 10 heteroatoms. The minimum Gasteiger partial charge on any atom is -0.467 e. The predicted octanol–water partition coefficient (Wildman–Crippen LogP) is 3.43. The van der Waals surface area contributed by atoms with Gasteiger partial charge in [0.2, 0.25) is 0 Å². The second-order valence-electron chi connectivity index (χ2n) is 7.16. The quantitative estimate of drug-likeness (QED) is 0.275. The van der Waals surface area contributed by atoms with Gasteiger partial charge in [0.15, 0.2) is 27.3 Å². The minimum absolute atomic E-state index is 0.221. The third kappa shape index (κ3) is 4.64. The highest BCUT2D eigenvalue weighted by Crippen LogP contribution is 2.29. The van der Waals surface area contributed by atoms with Crippen LogP contribution in [0.1, 0.15) is 37.8 Å². The van der Waals surface area contributed by atoms with Gasteiger partial charge in [0.25, 0.3) is 0 Å². The monoisotopic (exact) mass is 491 g/mol. The Labute approximate surface area is 189 Å². The van der Waals surface area contributed by atoms with Crippen LogP contribution in [0.25, 0.3) is 11.2 Å². The number of aromatic nitrogens is 4. The number of esters is 1. The van der Waals surface area contributed by atoms with Crippen LogP contribution < -0.4 is 10.5 Å². The number of nitrogen functional groups attached to an aromatic ring is 1. The SMILES string of the molecule is CCCCOc1nc(N)c2nc(Br)n(Cc3cccc(C(C)(OC)C(=O)OC)c3)c2n1. The first kappa shape index (κ1) is 23.0. The summed E-state index contributed by atoms with van der Waals surface area (Å²) in [5, 5.41) is 0. The van der Waals surface area contributed by atoms with Gasteiger partial charge in [-0.15, -0.1) is 0 Å². The number of unbranched alkanes of at least 4 members (excludes halogenated alkanes) is 1. The van der Waals surface area contributed by atoms with Crippen LogP contribution in [-0.4, -0.2) is 46.3 Å². The number of nitrogens with two attached hydrogens (primary N) is 1. The summed E-state index contributed by atoms with van der Waals surface area (Å²) in [5.74, 6) is -0.224. The average molecular weight is 492 g/mol. The number of anilines is 1. The second-order valence-corrected chi connectivity index (χ2v) is 7.87. The number of imidazole rings is 1. The average Bonchev–Trinajstić information content (AvgIpc) is 3.09. The summed E-state index contributed by atoms with van der Waals surface area (Å²) in [6.07, 6.45) is 1.90. The maximum Gasteiger partial charge on any atom is 0.342 e. The first-order chi connectivity index (χ1) is 14.8. The number of halogens is 1. The molecule has 2 heterocycles. The fourth-order valence-electron chi connectivity index (χ4n) is 3.15.